The number of ether oxygens (including phenoxy) is 1. The third-order valence-corrected chi connectivity index (χ3v) is 5.61. The molecular formula is C19H20FNO5S. The Bertz CT molecular complexity index is 923. The zero-order valence-electron chi connectivity index (χ0n) is 15.0. The minimum absolute atomic E-state index is 0.00608. The molecule has 0 saturated heterocycles. The maximum absolute atomic E-state index is 12.8. The standard InChI is InChI=1S/C19H20FNO5S/c1-21(2)27(24,25)17-6-3-5-15(13-17)19(23)26-12-4-7-18(22)14-8-10-16(20)11-9-14/h3,5-6,8-11,13H,4,7,12H2,1-2H3. The van der Waals surface area contributed by atoms with Crippen molar-refractivity contribution in [2.24, 2.45) is 0 Å². The number of carbonyl (C=O) groups excluding carboxylic acids is 2. The molecule has 0 spiro atoms. The molecule has 0 atom stereocenters. The fourth-order valence-corrected chi connectivity index (χ4v) is 3.20. The first-order chi connectivity index (χ1) is 12.7. The van der Waals surface area contributed by atoms with Crippen LogP contribution in [0.25, 0.3) is 0 Å². The second-order valence-corrected chi connectivity index (χ2v) is 8.14. The average Bonchev–Trinajstić information content (AvgIpc) is 2.65. The summed E-state index contributed by atoms with van der Waals surface area (Å²) in [5, 5.41) is 0. The second kappa shape index (κ2) is 8.88. The predicted octanol–water partition coefficient (Wildman–Crippen LogP) is 2.90. The van der Waals surface area contributed by atoms with Crippen LogP contribution in [0.2, 0.25) is 0 Å². The molecule has 0 fully saturated rings. The van der Waals surface area contributed by atoms with Gasteiger partial charge < -0.3 is 4.74 Å². The van der Waals surface area contributed by atoms with Crippen molar-refractivity contribution in [1.82, 2.24) is 4.31 Å². The van der Waals surface area contributed by atoms with Crippen LogP contribution in [0, 0.1) is 5.82 Å². The number of rotatable bonds is 8. The van der Waals surface area contributed by atoms with Gasteiger partial charge in [-0.1, -0.05) is 6.07 Å². The van der Waals surface area contributed by atoms with Crippen molar-refractivity contribution in [3.05, 3.63) is 65.5 Å². The zero-order valence-corrected chi connectivity index (χ0v) is 15.8. The van der Waals surface area contributed by atoms with Gasteiger partial charge in [0.15, 0.2) is 5.78 Å². The van der Waals surface area contributed by atoms with Crippen molar-refractivity contribution < 1.29 is 27.1 Å². The fourth-order valence-electron chi connectivity index (χ4n) is 2.26. The minimum atomic E-state index is -3.65. The number of hydrogen-bond acceptors (Lipinski definition) is 5. The first-order valence-electron chi connectivity index (χ1n) is 8.20. The van der Waals surface area contributed by atoms with E-state index in [-0.39, 0.29) is 29.3 Å². The Balaban J connectivity index is 1.89. The van der Waals surface area contributed by atoms with Gasteiger partial charge in [-0.2, -0.15) is 0 Å². The van der Waals surface area contributed by atoms with E-state index < -0.39 is 21.8 Å². The van der Waals surface area contributed by atoms with E-state index in [0.717, 1.165) is 4.31 Å². The topological polar surface area (TPSA) is 80.8 Å². The lowest BCUT2D eigenvalue weighted by molar-refractivity contribution is 0.0494. The summed E-state index contributed by atoms with van der Waals surface area (Å²) in [7, 11) is -0.846. The molecule has 0 bridgehead atoms. The van der Waals surface area contributed by atoms with Crippen LogP contribution in [0.1, 0.15) is 33.6 Å². The molecule has 27 heavy (non-hydrogen) atoms. The Labute approximate surface area is 157 Å². The molecule has 144 valence electrons. The molecular weight excluding hydrogens is 373 g/mol. The SMILES string of the molecule is CN(C)S(=O)(=O)c1cccc(C(=O)OCCCC(=O)c2ccc(F)cc2)c1. The van der Waals surface area contributed by atoms with Crippen LogP contribution < -0.4 is 0 Å². The lowest BCUT2D eigenvalue weighted by Crippen LogP contribution is -2.22. The Morgan fingerprint density at radius 3 is 2.33 bits per heavy atom. The normalized spacial score (nSPS) is 11.4. The van der Waals surface area contributed by atoms with Gasteiger partial charge in [-0.25, -0.2) is 21.9 Å². The van der Waals surface area contributed by atoms with Crippen LogP contribution in [0.15, 0.2) is 53.4 Å². The predicted molar refractivity (Wildman–Crippen MR) is 97.6 cm³/mol. The van der Waals surface area contributed by atoms with Crippen molar-refractivity contribution in [2.45, 2.75) is 17.7 Å². The van der Waals surface area contributed by atoms with Crippen LogP contribution in [0.5, 0.6) is 0 Å². The number of benzene rings is 2. The number of ketones is 1. The molecule has 0 aliphatic heterocycles. The highest BCUT2D eigenvalue weighted by molar-refractivity contribution is 7.89. The van der Waals surface area contributed by atoms with Crippen molar-refractivity contribution in [1.29, 1.82) is 0 Å². The molecule has 0 aliphatic rings. The summed E-state index contributed by atoms with van der Waals surface area (Å²) in [5.41, 5.74) is 0.507. The lowest BCUT2D eigenvalue weighted by Gasteiger charge is -2.12. The number of esters is 1. The van der Waals surface area contributed by atoms with E-state index >= 15 is 0 Å². The Morgan fingerprint density at radius 2 is 1.70 bits per heavy atom. The van der Waals surface area contributed by atoms with E-state index in [2.05, 4.69) is 0 Å². The molecule has 6 nitrogen and oxygen atoms in total. The Morgan fingerprint density at radius 1 is 1.04 bits per heavy atom. The van der Waals surface area contributed by atoms with Gasteiger partial charge in [0.25, 0.3) is 0 Å². The number of sulfonamides is 1. The summed E-state index contributed by atoms with van der Waals surface area (Å²) < 4.78 is 43.2. The zero-order chi connectivity index (χ0) is 20.0. The lowest BCUT2D eigenvalue weighted by atomic mass is 10.1. The second-order valence-electron chi connectivity index (χ2n) is 5.98. The smallest absolute Gasteiger partial charge is 0.338 e. The largest absolute Gasteiger partial charge is 0.462 e. The maximum atomic E-state index is 12.8. The van der Waals surface area contributed by atoms with Crippen molar-refractivity contribution in [3.8, 4) is 0 Å². The molecule has 0 saturated carbocycles. The summed E-state index contributed by atoms with van der Waals surface area (Å²) in [5.74, 6) is -1.26. The average molecular weight is 393 g/mol. The van der Waals surface area contributed by atoms with Crippen LogP contribution in [-0.4, -0.2) is 45.2 Å². The van der Waals surface area contributed by atoms with Gasteiger partial charge in [0.05, 0.1) is 17.1 Å². The summed E-state index contributed by atoms with van der Waals surface area (Å²) in [4.78, 5) is 24.0. The van der Waals surface area contributed by atoms with Gasteiger partial charge in [-0.05, 0) is 48.9 Å². The Kier molecular flexibility index (Phi) is 6.81. The minimum Gasteiger partial charge on any atom is -0.462 e. The highest BCUT2D eigenvalue weighted by atomic mass is 32.2. The molecule has 2 aromatic rings. The molecule has 0 aromatic heterocycles. The molecule has 2 rings (SSSR count). The van der Waals surface area contributed by atoms with Crippen molar-refractivity contribution in [2.75, 3.05) is 20.7 Å². The monoisotopic (exact) mass is 393 g/mol. The van der Waals surface area contributed by atoms with Gasteiger partial charge in [0.2, 0.25) is 10.0 Å². The van der Waals surface area contributed by atoms with E-state index in [1.165, 1.54) is 62.6 Å². The van der Waals surface area contributed by atoms with Gasteiger partial charge in [0, 0.05) is 26.1 Å². The van der Waals surface area contributed by atoms with Crippen molar-refractivity contribution in [3.63, 3.8) is 0 Å². The molecule has 0 aliphatic carbocycles. The summed E-state index contributed by atoms with van der Waals surface area (Å²) in [6.45, 7) is 0.0103. The van der Waals surface area contributed by atoms with Gasteiger partial charge >= 0.3 is 5.97 Å². The van der Waals surface area contributed by atoms with Crippen LogP contribution in [0.3, 0.4) is 0 Å². The summed E-state index contributed by atoms with van der Waals surface area (Å²) >= 11 is 0. The van der Waals surface area contributed by atoms with Gasteiger partial charge in [-0.3, -0.25) is 4.79 Å². The number of nitrogens with zero attached hydrogens (tertiary/aromatic N) is 1. The number of hydrogen-bond donors (Lipinski definition) is 0. The van der Waals surface area contributed by atoms with E-state index in [4.69, 9.17) is 4.74 Å². The molecule has 0 heterocycles. The van der Waals surface area contributed by atoms with Crippen LogP contribution in [-0.2, 0) is 14.8 Å². The molecule has 8 heteroatoms. The summed E-state index contributed by atoms with van der Waals surface area (Å²) in [6, 6.07) is 10.8. The van der Waals surface area contributed by atoms with E-state index in [1.807, 2.05) is 0 Å². The fraction of sp³-hybridized carbons (Fsp3) is 0.263. The van der Waals surface area contributed by atoms with Gasteiger partial charge in [-0.15, -0.1) is 0 Å². The van der Waals surface area contributed by atoms with E-state index in [0.29, 0.717) is 12.0 Å². The molecule has 0 amide bonds. The Hall–Kier alpha value is -2.58. The van der Waals surface area contributed by atoms with Crippen molar-refractivity contribution >= 4 is 21.8 Å². The molecule has 0 N–H and O–H groups in total. The molecule has 0 radical (unpaired) electrons. The van der Waals surface area contributed by atoms with E-state index in [1.54, 1.807) is 0 Å². The van der Waals surface area contributed by atoms with E-state index in [9.17, 15) is 22.4 Å². The number of halogens is 1. The van der Waals surface area contributed by atoms with Gasteiger partial charge in [0.1, 0.15) is 5.82 Å². The third-order valence-electron chi connectivity index (χ3n) is 3.80. The molecule has 2 aromatic carbocycles. The van der Waals surface area contributed by atoms with Crippen LogP contribution in [0.4, 0.5) is 4.39 Å². The highest BCUT2D eigenvalue weighted by Crippen LogP contribution is 2.16. The first-order valence-corrected chi connectivity index (χ1v) is 9.64. The number of carbonyl (C=O) groups is 2. The third kappa shape index (κ3) is 5.45. The quantitative estimate of drug-likeness (QED) is 0.391. The number of Topliss-reactive ketones (excluding diaryl/α,β-unsaturated/α-hetero) is 1. The first kappa shape index (κ1) is 20.7. The molecule has 0 unspecified atom stereocenters. The highest BCUT2D eigenvalue weighted by Gasteiger charge is 2.19. The maximum Gasteiger partial charge on any atom is 0.338 e. The van der Waals surface area contributed by atoms with Crippen LogP contribution >= 0.6 is 0 Å². The summed E-state index contributed by atoms with van der Waals surface area (Å²) in [6.07, 6.45) is 0.450.